The highest BCUT2D eigenvalue weighted by molar-refractivity contribution is 7.92. The van der Waals surface area contributed by atoms with Crippen molar-refractivity contribution in [2.45, 2.75) is 38.0 Å². The molecule has 3 rings (SSSR count). The van der Waals surface area contributed by atoms with Gasteiger partial charge in [0.2, 0.25) is 0 Å². The van der Waals surface area contributed by atoms with Crippen molar-refractivity contribution in [1.29, 1.82) is 0 Å². The summed E-state index contributed by atoms with van der Waals surface area (Å²) in [7, 11) is -3.73. The molecule has 7 heteroatoms. The minimum absolute atomic E-state index is 0.232. The number of carbonyl (C=O) groups excluding carboxylic acids is 1. The number of carbonyl (C=O) groups is 1. The molecule has 1 amide bonds. The van der Waals surface area contributed by atoms with Crippen molar-refractivity contribution in [3.63, 3.8) is 0 Å². The quantitative estimate of drug-likeness (QED) is 0.826. The van der Waals surface area contributed by atoms with Crippen LogP contribution >= 0.6 is 0 Å². The minimum Gasteiger partial charge on any atom is -0.285 e. The third kappa shape index (κ3) is 4.87. The Bertz CT molecular complexity index is 935. The van der Waals surface area contributed by atoms with E-state index in [0.29, 0.717) is 16.8 Å². The van der Waals surface area contributed by atoms with Crippen LogP contribution in [0.5, 0.6) is 0 Å². The Hall–Kier alpha value is -2.38. The van der Waals surface area contributed by atoms with Crippen LogP contribution in [0.1, 0.15) is 40.7 Å². The molecule has 0 spiro atoms. The lowest BCUT2D eigenvalue weighted by Gasteiger charge is -2.26. The van der Waals surface area contributed by atoms with Gasteiger partial charge in [0.15, 0.2) is 0 Å². The average molecular weight is 388 g/mol. The van der Waals surface area contributed by atoms with Gasteiger partial charge < -0.3 is 0 Å². The second-order valence-electron chi connectivity index (χ2n) is 6.94. The number of rotatable bonds is 5. The number of hydrogen-bond donors (Lipinski definition) is 2. The Balaban J connectivity index is 1.77. The maximum atomic E-state index is 12.8. The summed E-state index contributed by atoms with van der Waals surface area (Å²) in [6.07, 6.45) is 3.31. The van der Waals surface area contributed by atoms with Gasteiger partial charge in [-0.05, 0) is 62.1 Å². The van der Waals surface area contributed by atoms with Gasteiger partial charge in [-0.2, -0.15) is 0 Å². The Morgan fingerprint density at radius 1 is 1.00 bits per heavy atom. The number of piperidine rings is 1. The van der Waals surface area contributed by atoms with Crippen molar-refractivity contribution in [2.75, 3.05) is 17.8 Å². The van der Waals surface area contributed by atoms with E-state index < -0.39 is 10.0 Å². The Labute approximate surface area is 160 Å². The smallest absolute Gasteiger partial charge is 0.265 e. The molecule has 0 aromatic heterocycles. The Morgan fingerprint density at radius 2 is 1.74 bits per heavy atom. The molecule has 0 atom stereocenters. The number of sulfonamides is 1. The summed E-state index contributed by atoms with van der Waals surface area (Å²) in [5.74, 6) is -0.232. The molecule has 2 aromatic carbocycles. The second kappa shape index (κ2) is 8.10. The van der Waals surface area contributed by atoms with Crippen molar-refractivity contribution >= 4 is 21.6 Å². The monoisotopic (exact) mass is 387 g/mol. The maximum Gasteiger partial charge on any atom is 0.265 e. The van der Waals surface area contributed by atoms with Gasteiger partial charge in [-0.25, -0.2) is 13.4 Å². The fourth-order valence-electron chi connectivity index (χ4n) is 3.14. The van der Waals surface area contributed by atoms with Gasteiger partial charge >= 0.3 is 0 Å². The van der Waals surface area contributed by atoms with E-state index in [2.05, 4.69) is 10.1 Å². The van der Waals surface area contributed by atoms with Crippen LogP contribution in [0, 0.1) is 13.8 Å². The highest BCUT2D eigenvalue weighted by Crippen LogP contribution is 2.21. The third-order valence-corrected chi connectivity index (χ3v) is 6.15. The molecular formula is C20H25N3O3S. The number of hydrazine groups is 1. The summed E-state index contributed by atoms with van der Waals surface area (Å²) in [5, 5.41) is 1.92. The summed E-state index contributed by atoms with van der Waals surface area (Å²) in [6, 6.07) is 11.8. The number of amides is 1. The number of nitrogens with zero attached hydrogens (tertiary/aromatic N) is 1. The lowest BCUT2D eigenvalue weighted by molar-refractivity contribution is 0.0750. The number of hydrogen-bond acceptors (Lipinski definition) is 4. The number of aryl methyl sites for hydroxylation is 2. The van der Waals surface area contributed by atoms with Gasteiger partial charge in [0, 0.05) is 24.3 Å². The number of nitrogens with one attached hydrogen (secondary N) is 2. The van der Waals surface area contributed by atoms with Crippen LogP contribution in [-0.4, -0.2) is 32.4 Å². The largest absolute Gasteiger partial charge is 0.285 e. The lowest BCUT2D eigenvalue weighted by Crippen LogP contribution is -2.45. The molecular weight excluding hydrogens is 362 g/mol. The first kappa shape index (κ1) is 19.4. The predicted octanol–water partition coefficient (Wildman–Crippen LogP) is 3.23. The van der Waals surface area contributed by atoms with Gasteiger partial charge in [0.25, 0.3) is 15.9 Å². The summed E-state index contributed by atoms with van der Waals surface area (Å²) in [6.45, 7) is 5.29. The van der Waals surface area contributed by atoms with Crippen LogP contribution in [0.2, 0.25) is 0 Å². The highest BCUT2D eigenvalue weighted by atomic mass is 32.2. The van der Waals surface area contributed by atoms with Gasteiger partial charge in [0.05, 0.1) is 4.90 Å². The molecule has 1 aliphatic rings. The summed E-state index contributed by atoms with van der Waals surface area (Å²) in [5.41, 5.74) is 5.22. The normalized spacial score (nSPS) is 15.3. The van der Waals surface area contributed by atoms with Crippen molar-refractivity contribution in [1.82, 2.24) is 10.4 Å². The molecule has 2 aromatic rings. The van der Waals surface area contributed by atoms with E-state index in [1.54, 1.807) is 43.3 Å². The van der Waals surface area contributed by atoms with Gasteiger partial charge in [-0.1, -0.05) is 24.6 Å². The zero-order chi connectivity index (χ0) is 19.4. The van der Waals surface area contributed by atoms with E-state index in [9.17, 15) is 13.2 Å². The molecule has 0 radical (unpaired) electrons. The van der Waals surface area contributed by atoms with Crippen LogP contribution in [-0.2, 0) is 10.0 Å². The predicted molar refractivity (Wildman–Crippen MR) is 106 cm³/mol. The van der Waals surface area contributed by atoms with Crippen LogP contribution in [0.4, 0.5) is 5.69 Å². The van der Waals surface area contributed by atoms with Crippen LogP contribution in [0.25, 0.3) is 0 Å². The van der Waals surface area contributed by atoms with Crippen LogP contribution in [0.3, 0.4) is 0 Å². The van der Waals surface area contributed by atoms with E-state index in [0.717, 1.165) is 31.5 Å². The molecule has 1 saturated heterocycles. The molecule has 0 aliphatic carbocycles. The third-order valence-electron chi connectivity index (χ3n) is 4.63. The Kier molecular flexibility index (Phi) is 5.82. The topological polar surface area (TPSA) is 78.5 Å². The van der Waals surface area contributed by atoms with Crippen LogP contribution in [0.15, 0.2) is 47.4 Å². The number of anilines is 1. The molecule has 1 fully saturated rings. The first-order valence-electron chi connectivity index (χ1n) is 9.11. The molecule has 0 saturated carbocycles. The first-order valence-corrected chi connectivity index (χ1v) is 10.6. The van der Waals surface area contributed by atoms with E-state index in [4.69, 9.17) is 0 Å². The molecule has 2 N–H and O–H groups in total. The summed E-state index contributed by atoms with van der Waals surface area (Å²) in [4.78, 5) is 12.7. The fourth-order valence-corrected chi connectivity index (χ4v) is 4.52. The van der Waals surface area contributed by atoms with Crippen molar-refractivity contribution < 1.29 is 13.2 Å². The zero-order valence-corrected chi connectivity index (χ0v) is 16.5. The summed E-state index contributed by atoms with van der Waals surface area (Å²) >= 11 is 0. The highest BCUT2D eigenvalue weighted by Gasteiger charge is 2.19. The maximum absolute atomic E-state index is 12.8. The molecule has 1 aliphatic heterocycles. The van der Waals surface area contributed by atoms with Gasteiger partial charge in [-0.15, -0.1) is 0 Å². The second-order valence-corrected chi connectivity index (χ2v) is 8.59. The Morgan fingerprint density at radius 3 is 2.48 bits per heavy atom. The van der Waals surface area contributed by atoms with E-state index in [1.807, 2.05) is 18.0 Å². The van der Waals surface area contributed by atoms with Crippen molar-refractivity contribution in [3.8, 4) is 0 Å². The standard InChI is InChI=1S/C20H25N3O3S/c1-15-9-10-16(2)19(13-15)27(25,26)22-18-8-6-7-17(14-18)20(24)21-23-11-4-3-5-12-23/h6-10,13-14,22H,3-5,11-12H2,1-2H3,(H,21,24). The zero-order valence-electron chi connectivity index (χ0n) is 15.7. The van der Waals surface area contributed by atoms with E-state index in [1.165, 1.54) is 6.42 Å². The van der Waals surface area contributed by atoms with Crippen LogP contribution < -0.4 is 10.1 Å². The average Bonchev–Trinajstić information content (AvgIpc) is 2.64. The molecule has 0 unspecified atom stereocenters. The lowest BCUT2D eigenvalue weighted by atomic mass is 10.1. The fraction of sp³-hybridized carbons (Fsp3) is 0.350. The van der Waals surface area contributed by atoms with Gasteiger partial charge in [-0.3, -0.25) is 14.9 Å². The molecule has 27 heavy (non-hydrogen) atoms. The van der Waals surface area contributed by atoms with E-state index >= 15 is 0 Å². The molecule has 1 heterocycles. The SMILES string of the molecule is Cc1ccc(C)c(S(=O)(=O)Nc2cccc(C(=O)NN3CCCCC3)c2)c1. The van der Waals surface area contributed by atoms with Crippen molar-refractivity contribution in [3.05, 3.63) is 59.2 Å². The first-order chi connectivity index (χ1) is 12.8. The molecule has 144 valence electrons. The van der Waals surface area contributed by atoms with E-state index in [-0.39, 0.29) is 10.8 Å². The number of benzene rings is 2. The van der Waals surface area contributed by atoms with Crippen molar-refractivity contribution in [2.24, 2.45) is 0 Å². The minimum atomic E-state index is -3.73. The summed E-state index contributed by atoms with van der Waals surface area (Å²) < 4.78 is 28.1. The van der Waals surface area contributed by atoms with Gasteiger partial charge in [0.1, 0.15) is 0 Å². The molecule has 0 bridgehead atoms. The molecule has 6 nitrogen and oxygen atoms in total.